The van der Waals surface area contributed by atoms with Crippen LogP contribution in [0.2, 0.25) is 0 Å². The monoisotopic (exact) mass is 262 g/mol. The average molecular weight is 262 g/mol. The van der Waals surface area contributed by atoms with Crippen molar-refractivity contribution in [3.8, 4) is 11.5 Å². The predicted molar refractivity (Wildman–Crippen MR) is 70.5 cm³/mol. The van der Waals surface area contributed by atoms with Crippen molar-refractivity contribution in [3.63, 3.8) is 0 Å². The largest absolute Gasteiger partial charge is 0.486 e. The number of fused-ring (bicyclic) bond motifs is 1. The lowest BCUT2D eigenvalue weighted by Gasteiger charge is -2.23. The van der Waals surface area contributed by atoms with Crippen LogP contribution < -0.4 is 15.2 Å². The zero-order valence-electron chi connectivity index (χ0n) is 10.8. The zero-order valence-corrected chi connectivity index (χ0v) is 10.8. The number of nitrogens with zero attached hydrogens (tertiary/aromatic N) is 1. The first-order valence-electron chi connectivity index (χ1n) is 6.70. The quantitative estimate of drug-likeness (QED) is 0.880. The van der Waals surface area contributed by atoms with E-state index in [1.54, 1.807) is 18.2 Å². The molecule has 102 valence electrons. The molecule has 19 heavy (non-hydrogen) atoms. The maximum absolute atomic E-state index is 12.5. The van der Waals surface area contributed by atoms with E-state index in [0.717, 1.165) is 12.8 Å². The summed E-state index contributed by atoms with van der Waals surface area (Å²) in [6.07, 6.45) is 2.16. The number of carbonyl (C=O) groups excluding carboxylic acids is 1. The molecule has 5 nitrogen and oxygen atoms in total. The van der Waals surface area contributed by atoms with Gasteiger partial charge in [0.15, 0.2) is 11.5 Å². The zero-order chi connectivity index (χ0) is 13.2. The lowest BCUT2D eigenvalue weighted by Crippen LogP contribution is -2.37. The summed E-state index contributed by atoms with van der Waals surface area (Å²) in [5, 5.41) is 0. The summed E-state index contributed by atoms with van der Waals surface area (Å²) in [4.78, 5) is 14.3. The van der Waals surface area contributed by atoms with Gasteiger partial charge in [-0.1, -0.05) is 0 Å². The van der Waals surface area contributed by atoms with Gasteiger partial charge in [0.1, 0.15) is 13.2 Å². The van der Waals surface area contributed by atoms with Crippen molar-refractivity contribution in [2.24, 2.45) is 5.73 Å². The molecule has 1 aliphatic carbocycles. The highest BCUT2D eigenvalue weighted by Gasteiger charge is 2.32. The molecule has 0 radical (unpaired) electrons. The fraction of sp³-hybridized carbons (Fsp3) is 0.500. The average Bonchev–Trinajstić information content (AvgIpc) is 3.28. The maximum atomic E-state index is 12.5. The minimum atomic E-state index is 0.0323. The van der Waals surface area contributed by atoms with Gasteiger partial charge in [-0.25, -0.2) is 0 Å². The summed E-state index contributed by atoms with van der Waals surface area (Å²) in [6.45, 7) is 2.19. The third-order valence-electron chi connectivity index (χ3n) is 3.41. The first-order chi connectivity index (χ1) is 9.29. The molecule has 2 N–H and O–H groups in total. The normalized spacial score (nSPS) is 17.1. The first kappa shape index (κ1) is 12.3. The maximum Gasteiger partial charge on any atom is 0.254 e. The molecule has 1 heterocycles. The van der Waals surface area contributed by atoms with Crippen molar-refractivity contribution in [1.29, 1.82) is 0 Å². The molecule has 0 spiro atoms. The molecule has 1 aromatic rings. The van der Waals surface area contributed by atoms with E-state index in [2.05, 4.69) is 0 Å². The van der Waals surface area contributed by atoms with Gasteiger partial charge in [-0.15, -0.1) is 0 Å². The lowest BCUT2D eigenvalue weighted by atomic mass is 10.1. The minimum Gasteiger partial charge on any atom is -0.486 e. The Labute approximate surface area is 112 Å². The molecule has 1 aliphatic heterocycles. The molecule has 0 atom stereocenters. The van der Waals surface area contributed by atoms with E-state index in [1.165, 1.54) is 0 Å². The third kappa shape index (κ3) is 2.51. The number of carbonyl (C=O) groups is 1. The van der Waals surface area contributed by atoms with Gasteiger partial charge in [-0.2, -0.15) is 0 Å². The summed E-state index contributed by atoms with van der Waals surface area (Å²) in [6, 6.07) is 5.73. The van der Waals surface area contributed by atoms with Crippen LogP contribution in [-0.2, 0) is 0 Å². The van der Waals surface area contributed by atoms with Crippen LogP contribution in [0.15, 0.2) is 18.2 Å². The third-order valence-corrected chi connectivity index (χ3v) is 3.41. The summed E-state index contributed by atoms with van der Waals surface area (Å²) >= 11 is 0. The van der Waals surface area contributed by atoms with Crippen LogP contribution in [0.25, 0.3) is 0 Å². The topological polar surface area (TPSA) is 64.8 Å². The van der Waals surface area contributed by atoms with Crippen LogP contribution in [0.4, 0.5) is 0 Å². The van der Waals surface area contributed by atoms with Crippen molar-refractivity contribution in [3.05, 3.63) is 23.8 Å². The van der Waals surface area contributed by atoms with Crippen LogP contribution in [0.5, 0.6) is 11.5 Å². The summed E-state index contributed by atoms with van der Waals surface area (Å²) < 4.78 is 11.0. The van der Waals surface area contributed by atoms with Gasteiger partial charge in [-0.3, -0.25) is 4.79 Å². The van der Waals surface area contributed by atoms with Gasteiger partial charge in [0.2, 0.25) is 0 Å². The summed E-state index contributed by atoms with van der Waals surface area (Å²) in [7, 11) is 0. The van der Waals surface area contributed by atoms with E-state index >= 15 is 0 Å². The summed E-state index contributed by atoms with van der Waals surface area (Å²) in [5.41, 5.74) is 6.23. The number of benzene rings is 1. The number of hydrogen-bond acceptors (Lipinski definition) is 4. The predicted octanol–water partition coefficient (Wildman–Crippen LogP) is 1.02. The summed E-state index contributed by atoms with van der Waals surface area (Å²) in [5.74, 6) is 1.39. The van der Waals surface area contributed by atoms with E-state index in [4.69, 9.17) is 15.2 Å². The molecule has 5 heteroatoms. The highest BCUT2D eigenvalue weighted by atomic mass is 16.6. The van der Waals surface area contributed by atoms with Crippen LogP contribution in [0.3, 0.4) is 0 Å². The minimum absolute atomic E-state index is 0.0323. The van der Waals surface area contributed by atoms with E-state index in [1.807, 2.05) is 4.90 Å². The van der Waals surface area contributed by atoms with Gasteiger partial charge in [0, 0.05) is 24.7 Å². The standard InChI is InChI=1S/C14H18N2O3/c15-5-6-16(11-2-3-11)14(17)10-1-4-12-13(9-10)19-8-7-18-12/h1,4,9,11H,2-3,5-8,15H2. The van der Waals surface area contributed by atoms with Crippen molar-refractivity contribution >= 4 is 5.91 Å². The van der Waals surface area contributed by atoms with Crippen molar-refractivity contribution in [1.82, 2.24) is 4.90 Å². The Bertz CT molecular complexity index is 486. The van der Waals surface area contributed by atoms with Crippen LogP contribution in [0, 0.1) is 0 Å². The molecule has 2 aliphatic rings. The SMILES string of the molecule is NCCN(C(=O)c1ccc2c(c1)OCCO2)C1CC1. The van der Waals surface area contributed by atoms with Crippen LogP contribution in [0.1, 0.15) is 23.2 Å². The first-order valence-corrected chi connectivity index (χ1v) is 6.70. The Morgan fingerprint density at radius 3 is 2.68 bits per heavy atom. The fourth-order valence-corrected chi connectivity index (χ4v) is 2.32. The molecule has 3 rings (SSSR count). The Morgan fingerprint density at radius 2 is 2.00 bits per heavy atom. The number of ether oxygens (including phenoxy) is 2. The van der Waals surface area contributed by atoms with Gasteiger partial charge >= 0.3 is 0 Å². The molecular weight excluding hydrogens is 244 g/mol. The molecular formula is C14H18N2O3. The number of rotatable bonds is 4. The van der Waals surface area contributed by atoms with Gasteiger partial charge in [0.25, 0.3) is 5.91 Å². The molecule has 1 saturated carbocycles. The molecule has 0 saturated heterocycles. The smallest absolute Gasteiger partial charge is 0.254 e. The number of amides is 1. The van der Waals surface area contributed by atoms with Crippen LogP contribution in [-0.4, -0.2) is 43.2 Å². The van der Waals surface area contributed by atoms with Gasteiger partial charge < -0.3 is 20.1 Å². The van der Waals surface area contributed by atoms with E-state index in [-0.39, 0.29) is 5.91 Å². The molecule has 1 amide bonds. The van der Waals surface area contributed by atoms with Crippen molar-refractivity contribution in [2.45, 2.75) is 18.9 Å². The Balaban J connectivity index is 1.82. The van der Waals surface area contributed by atoms with Crippen molar-refractivity contribution in [2.75, 3.05) is 26.3 Å². The Kier molecular flexibility index (Phi) is 3.29. The number of hydrogen-bond donors (Lipinski definition) is 1. The van der Waals surface area contributed by atoms with E-state index < -0.39 is 0 Å². The highest BCUT2D eigenvalue weighted by Crippen LogP contribution is 2.33. The van der Waals surface area contributed by atoms with Gasteiger partial charge in [-0.05, 0) is 31.0 Å². The second-order valence-corrected chi connectivity index (χ2v) is 4.88. The molecule has 1 fully saturated rings. The Hall–Kier alpha value is -1.75. The van der Waals surface area contributed by atoms with E-state index in [0.29, 0.717) is 49.4 Å². The van der Waals surface area contributed by atoms with E-state index in [9.17, 15) is 4.79 Å². The van der Waals surface area contributed by atoms with Crippen LogP contribution >= 0.6 is 0 Å². The molecule has 0 unspecified atom stereocenters. The second-order valence-electron chi connectivity index (χ2n) is 4.88. The molecule has 0 bridgehead atoms. The number of nitrogens with two attached hydrogens (primary N) is 1. The lowest BCUT2D eigenvalue weighted by molar-refractivity contribution is 0.0747. The second kappa shape index (κ2) is 5.09. The highest BCUT2D eigenvalue weighted by molar-refractivity contribution is 5.95. The van der Waals surface area contributed by atoms with Crippen molar-refractivity contribution < 1.29 is 14.3 Å². The van der Waals surface area contributed by atoms with Gasteiger partial charge in [0.05, 0.1) is 0 Å². The molecule has 1 aromatic carbocycles. The molecule has 0 aromatic heterocycles. The fourth-order valence-electron chi connectivity index (χ4n) is 2.32. The Morgan fingerprint density at radius 1 is 1.26 bits per heavy atom.